The van der Waals surface area contributed by atoms with Crippen molar-refractivity contribution in [1.82, 2.24) is 10.6 Å². The lowest BCUT2D eigenvalue weighted by Crippen LogP contribution is -2.68. The molecule has 0 radical (unpaired) electrons. The largest absolute Gasteiger partial charge is 0.378 e. The van der Waals surface area contributed by atoms with Gasteiger partial charge in [-0.15, -0.1) is 0 Å². The highest BCUT2D eigenvalue weighted by Gasteiger charge is 2.59. The zero-order valence-electron chi connectivity index (χ0n) is 14.1. The topological polar surface area (TPSA) is 67.4 Å². The third kappa shape index (κ3) is 3.80. The lowest BCUT2D eigenvalue weighted by atomic mass is 9.51. The Bertz CT molecular complexity index is 405. The van der Waals surface area contributed by atoms with Crippen LogP contribution in [0.3, 0.4) is 0 Å². The molecule has 1 spiro atoms. The zero-order chi connectivity index (χ0) is 16.2. The van der Waals surface area contributed by atoms with Gasteiger partial charge in [-0.05, 0) is 38.5 Å². The van der Waals surface area contributed by atoms with E-state index in [0.717, 1.165) is 32.3 Å². The van der Waals surface area contributed by atoms with E-state index in [0.29, 0.717) is 18.4 Å². The van der Waals surface area contributed by atoms with E-state index < -0.39 is 0 Å². The maximum Gasteiger partial charge on any atom is 0.239 e. The standard InChI is InChI=1S/C17H30N2O3/c1-4-22-14-10-13(17(14)8-5-9-17)19-16(21)11-18-15(20)7-6-12(2)3/h12-14H,4-11H2,1-3H3,(H,18,20)(H,19,21)/t13-,14+/m1/s1. The Labute approximate surface area is 133 Å². The van der Waals surface area contributed by atoms with E-state index in [1.807, 2.05) is 6.92 Å². The molecule has 2 N–H and O–H groups in total. The van der Waals surface area contributed by atoms with Crippen molar-refractivity contribution >= 4 is 11.8 Å². The zero-order valence-corrected chi connectivity index (χ0v) is 14.1. The Hall–Kier alpha value is -1.10. The van der Waals surface area contributed by atoms with Gasteiger partial charge in [0, 0.05) is 24.5 Å². The third-order valence-electron chi connectivity index (χ3n) is 5.17. The van der Waals surface area contributed by atoms with Gasteiger partial charge in [0.1, 0.15) is 0 Å². The molecule has 0 aromatic heterocycles. The van der Waals surface area contributed by atoms with Gasteiger partial charge in [-0.3, -0.25) is 9.59 Å². The molecule has 2 aliphatic carbocycles. The van der Waals surface area contributed by atoms with Gasteiger partial charge in [-0.25, -0.2) is 0 Å². The van der Waals surface area contributed by atoms with E-state index in [1.165, 1.54) is 6.42 Å². The average molecular weight is 310 g/mol. The molecular formula is C17H30N2O3. The molecule has 0 aromatic carbocycles. The first kappa shape index (κ1) is 17.3. The van der Waals surface area contributed by atoms with E-state index in [1.54, 1.807) is 0 Å². The molecule has 2 amide bonds. The highest BCUT2D eigenvalue weighted by Crippen LogP contribution is 2.57. The molecule has 0 saturated heterocycles. The molecule has 2 aliphatic rings. The molecule has 2 rings (SSSR count). The minimum atomic E-state index is -0.0795. The van der Waals surface area contributed by atoms with Crippen LogP contribution < -0.4 is 10.6 Å². The Morgan fingerprint density at radius 3 is 2.55 bits per heavy atom. The van der Waals surface area contributed by atoms with Gasteiger partial charge in [0.05, 0.1) is 12.6 Å². The van der Waals surface area contributed by atoms with Crippen molar-refractivity contribution in [3.05, 3.63) is 0 Å². The van der Waals surface area contributed by atoms with Crippen LogP contribution in [0.2, 0.25) is 0 Å². The second-order valence-electron chi connectivity index (χ2n) is 7.10. The number of carbonyl (C=O) groups excluding carboxylic acids is 2. The lowest BCUT2D eigenvalue weighted by molar-refractivity contribution is -0.175. The molecule has 2 saturated carbocycles. The van der Waals surface area contributed by atoms with Crippen LogP contribution in [0, 0.1) is 11.3 Å². The summed E-state index contributed by atoms with van der Waals surface area (Å²) in [5, 5.41) is 5.79. The predicted molar refractivity (Wildman–Crippen MR) is 85.3 cm³/mol. The molecule has 0 aliphatic heterocycles. The summed E-state index contributed by atoms with van der Waals surface area (Å²) in [6.45, 7) is 7.01. The van der Waals surface area contributed by atoms with Gasteiger partial charge in [0.2, 0.25) is 11.8 Å². The summed E-state index contributed by atoms with van der Waals surface area (Å²) >= 11 is 0. The number of nitrogens with one attached hydrogen (secondary N) is 2. The normalized spacial score (nSPS) is 25.5. The number of carbonyl (C=O) groups is 2. The van der Waals surface area contributed by atoms with Crippen LogP contribution in [0.15, 0.2) is 0 Å². The molecule has 5 heteroatoms. The van der Waals surface area contributed by atoms with E-state index in [2.05, 4.69) is 24.5 Å². The number of ether oxygens (including phenoxy) is 1. The van der Waals surface area contributed by atoms with Gasteiger partial charge >= 0.3 is 0 Å². The summed E-state index contributed by atoms with van der Waals surface area (Å²) in [7, 11) is 0. The number of hydrogen-bond donors (Lipinski definition) is 2. The van der Waals surface area contributed by atoms with Crippen LogP contribution in [-0.2, 0) is 14.3 Å². The van der Waals surface area contributed by atoms with Crippen LogP contribution in [0.5, 0.6) is 0 Å². The maximum absolute atomic E-state index is 12.0. The van der Waals surface area contributed by atoms with Crippen molar-refractivity contribution in [3.8, 4) is 0 Å². The third-order valence-corrected chi connectivity index (χ3v) is 5.17. The first-order valence-electron chi connectivity index (χ1n) is 8.65. The predicted octanol–water partition coefficient (Wildman–Crippen LogP) is 2.00. The summed E-state index contributed by atoms with van der Waals surface area (Å²) in [6, 6.07) is 0.220. The van der Waals surface area contributed by atoms with Crippen LogP contribution >= 0.6 is 0 Å². The molecule has 2 fully saturated rings. The Kier molecular flexibility index (Phi) is 5.84. The van der Waals surface area contributed by atoms with Crippen molar-refractivity contribution in [2.75, 3.05) is 13.2 Å². The second-order valence-corrected chi connectivity index (χ2v) is 7.10. The molecule has 0 bridgehead atoms. The summed E-state index contributed by atoms with van der Waals surface area (Å²) in [5.41, 5.74) is 0.174. The smallest absolute Gasteiger partial charge is 0.239 e. The minimum Gasteiger partial charge on any atom is -0.378 e. The molecule has 0 aromatic rings. The summed E-state index contributed by atoms with van der Waals surface area (Å²) in [6.07, 6.45) is 6.06. The highest BCUT2D eigenvalue weighted by atomic mass is 16.5. The van der Waals surface area contributed by atoms with Crippen molar-refractivity contribution in [2.45, 2.75) is 71.4 Å². The molecule has 126 valence electrons. The summed E-state index contributed by atoms with van der Waals surface area (Å²) < 4.78 is 5.78. The molecular weight excluding hydrogens is 280 g/mol. The Balaban J connectivity index is 1.68. The maximum atomic E-state index is 12.0. The van der Waals surface area contributed by atoms with Gasteiger partial charge in [0.25, 0.3) is 0 Å². The summed E-state index contributed by atoms with van der Waals surface area (Å²) in [4.78, 5) is 23.7. The van der Waals surface area contributed by atoms with E-state index >= 15 is 0 Å². The fourth-order valence-corrected chi connectivity index (χ4v) is 3.57. The van der Waals surface area contributed by atoms with Gasteiger partial charge in [0.15, 0.2) is 0 Å². The Morgan fingerprint density at radius 1 is 1.27 bits per heavy atom. The molecule has 2 atom stereocenters. The van der Waals surface area contributed by atoms with Crippen molar-refractivity contribution in [2.24, 2.45) is 11.3 Å². The minimum absolute atomic E-state index is 0.0389. The molecule has 22 heavy (non-hydrogen) atoms. The molecule has 0 unspecified atom stereocenters. The van der Waals surface area contributed by atoms with E-state index in [4.69, 9.17) is 4.74 Å². The average Bonchev–Trinajstić information content (AvgIpc) is 2.39. The second kappa shape index (κ2) is 7.44. The fourth-order valence-electron chi connectivity index (χ4n) is 3.57. The van der Waals surface area contributed by atoms with Crippen LogP contribution in [-0.4, -0.2) is 37.1 Å². The summed E-state index contributed by atoms with van der Waals surface area (Å²) in [5.74, 6) is 0.385. The first-order valence-corrected chi connectivity index (χ1v) is 8.65. The lowest BCUT2D eigenvalue weighted by Gasteiger charge is -2.61. The number of rotatable bonds is 8. The van der Waals surface area contributed by atoms with Crippen LogP contribution in [0.4, 0.5) is 0 Å². The first-order chi connectivity index (χ1) is 10.5. The molecule has 0 heterocycles. The highest BCUT2D eigenvalue weighted by molar-refractivity contribution is 5.84. The van der Waals surface area contributed by atoms with E-state index in [9.17, 15) is 9.59 Å². The van der Waals surface area contributed by atoms with E-state index in [-0.39, 0.29) is 29.8 Å². The van der Waals surface area contributed by atoms with Gasteiger partial charge < -0.3 is 15.4 Å². The number of amides is 2. The SMILES string of the molecule is CCO[C@H]1C[C@@H](NC(=O)CNC(=O)CCC(C)C)C12CCC2. The van der Waals surface area contributed by atoms with Gasteiger partial charge in [-0.2, -0.15) is 0 Å². The van der Waals surface area contributed by atoms with Crippen LogP contribution in [0.1, 0.15) is 59.3 Å². The van der Waals surface area contributed by atoms with Crippen molar-refractivity contribution in [1.29, 1.82) is 0 Å². The fraction of sp³-hybridized carbons (Fsp3) is 0.882. The quantitative estimate of drug-likeness (QED) is 0.720. The Morgan fingerprint density at radius 2 is 2.00 bits per heavy atom. The van der Waals surface area contributed by atoms with Crippen molar-refractivity contribution in [3.63, 3.8) is 0 Å². The number of hydrogen-bond acceptors (Lipinski definition) is 3. The van der Waals surface area contributed by atoms with Gasteiger partial charge in [-0.1, -0.05) is 20.3 Å². The van der Waals surface area contributed by atoms with Crippen LogP contribution in [0.25, 0.3) is 0 Å². The monoisotopic (exact) mass is 310 g/mol. The van der Waals surface area contributed by atoms with Crippen molar-refractivity contribution < 1.29 is 14.3 Å². The molecule has 5 nitrogen and oxygen atoms in total.